The van der Waals surface area contributed by atoms with Gasteiger partial charge < -0.3 is 10.0 Å². The minimum Gasteiger partial charge on any atom is -0.481 e. The Bertz CT molecular complexity index is 474. The lowest BCUT2D eigenvalue weighted by atomic mass is 10.0. The Morgan fingerprint density at radius 3 is 2.53 bits per heavy atom. The second kappa shape index (κ2) is 6.26. The molecule has 0 saturated heterocycles. The Morgan fingerprint density at radius 2 is 2.00 bits per heavy atom. The van der Waals surface area contributed by atoms with Crippen LogP contribution in [-0.2, 0) is 4.79 Å². The summed E-state index contributed by atoms with van der Waals surface area (Å²) in [5, 5.41) is 8.86. The summed E-state index contributed by atoms with van der Waals surface area (Å²) in [4.78, 5) is 32.5. The van der Waals surface area contributed by atoms with E-state index in [0.29, 0.717) is 11.3 Å². The predicted molar refractivity (Wildman–Crippen MR) is 69.9 cm³/mol. The molecule has 1 heterocycles. The third-order valence-electron chi connectivity index (χ3n) is 2.84. The fourth-order valence-electron chi connectivity index (χ4n) is 1.74. The van der Waals surface area contributed by atoms with Crippen LogP contribution in [0.5, 0.6) is 0 Å². The minimum absolute atomic E-state index is 0.104. The van der Waals surface area contributed by atoms with Crippen molar-refractivity contribution < 1.29 is 14.7 Å². The summed E-state index contributed by atoms with van der Waals surface area (Å²) in [5.41, 5.74) is 1.10. The van der Waals surface area contributed by atoms with Crippen LogP contribution >= 0.6 is 0 Å². The summed E-state index contributed by atoms with van der Waals surface area (Å²) in [7, 11) is 1.58. The van der Waals surface area contributed by atoms with Crippen LogP contribution in [0.3, 0.4) is 0 Å². The number of hydrogen-bond acceptors (Lipinski definition) is 4. The van der Waals surface area contributed by atoms with Gasteiger partial charge in [-0.25, -0.2) is 9.97 Å². The van der Waals surface area contributed by atoms with Crippen molar-refractivity contribution in [3.63, 3.8) is 0 Å². The van der Waals surface area contributed by atoms with E-state index in [1.807, 2.05) is 13.8 Å². The van der Waals surface area contributed by atoms with Gasteiger partial charge in [0.25, 0.3) is 5.91 Å². The third-order valence-corrected chi connectivity index (χ3v) is 2.84. The van der Waals surface area contributed by atoms with E-state index in [2.05, 4.69) is 9.97 Å². The van der Waals surface area contributed by atoms with E-state index in [4.69, 9.17) is 5.11 Å². The number of nitrogens with zero attached hydrogens (tertiary/aromatic N) is 3. The zero-order valence-corrected chi connectivity index (χ0v) is 11.6. The number of aromatic nitrogens is 2. The van der Waals surface area contributed by atoms with E-state index in [9.17, 15) is 9.59 Å². The SMILES string of the molecule is CC(CN(C)C(=O)c1cncnc1C(C)C)C(=O)O. The number of hydrogen-bond donors (Lipinski definition) is 1. The van der Waals surface area contributed by atoms with Gasteiger partial charge in [-0.1, -0.05) is 20.8 Å². The lowest BCUT2D eigenvalue weighted by molar-refractivity contribution is -0.141. The van der Waals surface area contributed by atoms with Crippen LogP contribution in [0.15, 0.2) is 12.5 Å². The summed E-state index contributed by atoms with van der Waals surface area (Å²) in [6.45, 7) is 5.61. The van der Waals surface area contributed by atoms with Crippen molar-refractivity contribution in [2.45, 2.75) is 26.7 Å². The highest BCUT2D eigenvalue weighted by molar-refractivity contribution is 5.95. The Kier molecular flexibility index (Phi) is 4.97. The van der Waals surface area contributed by atoms with Gasteiger partial charge in [0, 0.05) is 19.8 Å². The zero-order chi connectivity index (χ0) is 14.6. The summed E-state index contributed by atoms with van der Waals surface area (Å²) in [6, 6.07) is 0. The van der Waals surface area contributed by atoms with E-state index in [0.717, 1.165) is 0 Å². The fourth-order valence-corrected chi connectivity index (χ4v) is 1.74. The molecule has 0 aliphatic heterocycles. The molecule has 0 aliphatic carbocycles. The largest absolute Gasteiger partial charge is 0.481 e. The second-order valence-electron chi connectivity index (χ2n) is 4.90. The molecule has 1 amide bonds. The first-order valence-electron chi connectivity index (χ1n) is 6.12. The molecule has 19 heavy (non-hydrogen) atoms. The summed E-state index contributed by atoms with van der Waals surface area (Å²) < 4.78 is 0. The summed E-state index contributed by atoms with van der Waals surface area (Å²) >= 11 is 0. The van der Waals surface area contributed by atoms with Crippen molar-refractivity contribution in [1.82, 2.24) is 14.9 Å². The van der Waals surface area contributed by atoms with Gasteiger partial charge in [-0.05, 0) is 5.92 Å². The topological polar surface area (TPSA) is 83.4 Å². The van der Waals surface area contributed by atoms with Crippen LogP contribution in [0.1, 0.15) is 42.7 Å². The first kappa shape index (κ1) is 15.1. The average molecular weight is 265 g/mol. The van der Waals surface area contributed by atoms with Crippen LogP contribution < -0.4 is 0 Å². The van der Waals surface area contributed by atoms with E-state index >= 15 is 0 Å². The molecule has 6 nitrogen and oxygen atoms in total. The van der Waals surface area contributed by atoms with Crippen molar-refractivity contribution in [3.8, 4) is 0 Å². The Balaban J connectivity index is 2.91. The van der Waals surface area contributed by atoms with Gasteiger partial charge >= 0.3 is 5.97 Å². The highest BCUT2D eigenvalue weighted by Crippen LogP contribution is 2.17. The fraction of sp³-hybridized carbons (Fsp3) is 0.538. The van der Waals surface area contributed by atoms with Crippen LogP contribution in [0.4, 0.5) is 0 Å². The maximum Gasteiger partial charge on any atom is 0.308 e. The number of carbonyl (C=O) groups excluding carboxylic acids is 1. The van der Waals surface area contributed by atoms with Crippen molar-refractivity contribution >= 4 is 11.9 Å². The Hall–Kier alpha value is -1.98. The van der Waals surface area contributed by atoms with E-state index in [-0.39, 0.29) is 18.4 Å². The van der Waals surface area contributed by atoms with Crippen molar-refractivity contribution in [3.05, 3.63) is 23.8 Å². The molecule has 1 atom stereocenters. The highest BCUT2D eigenvalue weighted by atomic mass is 16.4. The molecule has 1 unspecified atom stereocenters. The third kappa shape index (κ3) is 3.74. The molecule has 0 bridgehead atoms. The molecule has 0 aliphatic rings. The van der Waals surface area contributed by atoms with E-state index in [1.54, 1.807) is 14.0 Å². The molecule has 0 radical (unpaired) electrons. The molecule has 0 saturated carbocycles. The first-order chi connectivity index (χ1) is 8.84. The van der Waals surface area contributed by atoms with Crippen molar-refractivity contribution in [2.24, 2.45) is 5.92 Å². The molecule has 0 fully saturated rings. The van der Waals surface area contributed by atoms with Gasteiger partial charge in [-0.3, -0.25) is 9.59 Å². The molecule has 0 aromatic carbocycles. The number of carbonyl (C=O) groups is 2. The molecule has 104 valence electrons. The highest BCUT2D eigenvalue weighted by Gasteiger charge is 2.22. The minimum atomic E-state index is -0.923. The lowest BCUT2D eigenvalue weighted by Gasteiger charge is -2.21. The molecular weight excluding hydrogens is 246 g/mol. The zero-order valence-electron chi connectivity index (χ0n) is 11.6. The maximum atomic E-state index is 12.3. The number of rotatable bonds is 5. The van der Waals surface area contributed by atoms with Crippen LogP contribution in [0, 0.1) is 5.92 Å². The smallest absolute Gasteiger partial charge is 0.308 e. The van der Waals surface area contributed by atoms with Gasteiger partial charge in [0.15, 0.2) is 0 Å². The van der Waals surface area contributed by atoms with Gasteiger partial charge in [-0.15, -0.1) is 0 Å². The maximum absolute atomic E-state index is 12.3. The molecule has 1 aromatic heterocycles. The monoisotopic (exact) mass is 265 g/mol. The number of carboxylic acid groups (broad SMARTS) is 1. The van der Waals surface area contributed by atoms with Gasteiger partial charge in [-0.2, -0.15) is 0 Å². The van der Waals surface area contributed by atoms with Crippen LogP contribution in [0.2, 0.25) is 0 Å². The molecule has 1 N–H and O–H groups in total. The lowest BCUT2D eigenvalue weighted by Crippen LogP contribution is -2.34. The van der Waals surface area contributed by atoms with E-state index < -0.39 is 11.9 Å². The molecular formula is C13H19N3O3. The van der Waals surface area contributed by atoms with Gasteiger partial charge in [0.05, 0.1) is 17.2 Å². The standard InChI is InChI=1S/C13H19N3O3/c1-8(2)11-10(5-14-7-15-11)12(17)16(4)6-9(3)13(18)19/h5,7-9H,6H2,1-4H3,(H,18,19). The van der Waals surface area contributed by atoms with Crippen molar-refractivity contribution in [1.29, 1.82) is 0 Å². The average Bonchev–Trinajstić information content (AvgIpc) is 2.37. The number of amides is 1. The van der Waals surface area contributed by atoms with Gasteiger partial charge in [0.1, 0.15) is 6.33 Å². The van der Waals surface area contributed by atoms with Crippen LogP contribution in [0.25, 0.3) is 0 Å². The Morgan fingerprint density at radius 1 is 1.37 bits per heavy atom. The van der Waals surface area contributed by atoms with Gasteiger partial charge in [0.2, 0.25) is 0 Å². The Labute approximate surface area is 112 Å². The quantitative estimate of drug-likeness (QED) is 0.869. The second-order valence-corrected chi connectivity index (χ2v) is 4.90. The summed E-state index contributed by atoms with van der Waals surface area (Å²) in [6.07, 6.45) is 2.89. The van der Waals surface area contributed by atoms with E-state index in [1.165, 1.54) is 17.4 Å². The summed E-state index contributed by atoms with van der Waals surface area (Å²) in [5.74, 6) is -1.68. The number of carboxylic acids is 1. The normalized spacial score (nSPS) is 12.3. The molecule has 1 aromatic rings. The molecule has 1 rings (SSSR count). The first-order valence-corrected chi connectivity index (χ1v) is 6.12. The molecule has 6 heteroatoms. The molecule has 0 spiro atoms. The number of aliphatic carboxylic acids is 1. The predicted octanol–water partition coefficient (Wildman–Crippen LogP) is 1.39. The van der Waals surface area contributed by atoms with Crippen LogP contribution in [-0.4, -0.2) is 45.4 Å². The van der Waals surface area contributed by atoms with Crippen molar-refractivity contribution in [2.75, 3.05) is 13.6 Å².